The van der Waals surface area contributed by atoms with Crippen LogP contribution in [0.25, 0.3) is 0 Å². The highest BCUT2D eigenvalue weighted by molar-refractivity contribution is 6.30. The van der Waals surface area contributed by atoms with E-state index in [0.717, 1.165) is 0 Å². The predicted octanol–water partition coefficient (Wildman–Crippen LogP) is 2.58. The van der Waals surface area contributed by atoms with Gasteiger partial charge in [-0.15, -0.1) is 0 Å². The predicted molar refractivity (Wildman–Crippen MR) is 85.6 cm³/mol. The minimum Gasteiger partial charge on any atom is -0.507 e. The standard InChI is InChI=1S/C16H13ClN2O4/c17-12-2-3-13(20)11(7-12)9-18-19-16(21)10-1-4-14-15(8-10)23-6-5-22-14/h1-4,7-9,20H,5-6H2,(H,19,21). The van der Waals surface area contributed by atoms with E-state index in [0.29, 0.717) is 40.9 Å². The molecule has 3 rings (SSSR count). The third-order valence-electron chi connectivity index (χ3n) is 3.16. The number of hydrazone groups is 1. The topological polar surface area (TPSA) is 80.2 Å². The number of hydrogen-bond donors (Lipinski definition) is 2. The number of carbonyl (C=O) groups is 1. The number of hydrogen-bond acceptors (Lipinski definition) is 5. The molecular formula is C16H13ClN2O4. The number of phenolic OH excluding ortho intramolecular Hbond substituents is 1. The molecule has 1 aliphatic rings. The third kappa shape index (κ3) is 3.54. The molecule has 0 aromatic heterocycles. The molecular weight excluding hydrogens is 320 g/mol. The van der Waals surface area contributed by atoms with E-state index in [1.807, 2.05) is 0 Å². The number of aromatic hydroxyl groups is 1. The Morgan fingerprint density at radius 2 is 1.96 bits per heavy atom. The van der Waals surface area contributed by atoms with E-state index in [2.05, 4.69) is 10.5 Å². The molecule has 7 heteroatoms. The molecule has 1 aliphatic heterocycles. The van der Waals surface area contributed by atoms with Crippen LogP contribution in [0.15, 0.2) is 41.5 Å². The lowest BCUT2D eigenvalue weighted by Gasteiger charge is -2.18. The quantitative estimate of drug-likeness (QED) is 0.668. The molecule has 0 saturated heterocycles. The fourth-order valence-electron chi connectivity index (χ4n) is 2.04. The number of carbonyl (C=O) groups excluding carboxylic acids is 1. The first kappa shape index (κ1) is 15.2. The van der Waals surface area contributed by atoms with Gasteiger partial charge in [0.05, 0.1) is 6.21 Å². The summed E-state index contributed by atoms with van der Waals surface area (Å²) in [4.78, 5) is 12.1. The van der Waals surface area contributed by atoms with Gasteiger partial charge in [-0.2, -0.15) is 5.10 Å². The van der Waals surface area contributed by atoms with E-state index in [1.54, 1.807) is 24.3 Å². The average molecular weight is 333 g/mol. The number of fused-ring (bicyclic) bond motifs is 1. The third-order valence-corrected chi connectivity index (χ3v) is 3.40. The van der Waals surface area contributed by atoms with Crippen LogP contribution in [-0.4, -0.2) is 30.4 Å². The minimum atomic E-state index is -0.403. The Balaban J connectivity index is 1.69. The Labute approximate surface area is 137 Å². The molecule has 0 fully saturated rings. The largest absolute Gasteiger partial charge is 0.507 e. The lowest BCUT2D eigenvalue weighted by atomic mass is 10.2. The fourth-order valence-corrected chi connectivity index (χ4v) is 2.22. The van der Waals surface area contributed by atoms with Crippen molar-refractivity contribution < 1.29 is 19.4 Å². The highest BCUT2D eigenvalue weighted by atomic mass is 35.5. The molecule has 23 heavy (non-hydrogen) atoms. The van der Waals surface area contributed by atoms with Gasteiger partial charge in [-0.3, -0.25) is 4.79 Å². The highest BCUT2D eigenvalue weighted by Gasteiger charge is 2.14. The lowest BCUT2D eigenvalue weighted by molar-refractivity contribution is 0.0954. The van der Waals surface area contributed by atoms with Crippen molar-refractivity contribution in [3.05, 3.63) is 52.5 Å². The molecule has 0 aliphatic carbocycles. The first-order chi connectivity index (χ1) is 11.1. The molecule has 0 spiro atoms. The van der Waals surface area contributed by atoms with Crippen LogP contribution in [-0.2, 0) is 0 Å². The Morgan fingerprint density at radius 1 is 1.17 bits per heavy atom. The molecule has 2 aromatic carbocycles. The van der Waals surface area contributed by atoms with Gasteiger partial charge < -0.3 is 14.6 Å². The molecule has 0 unspecified atom stereocenters. The maximum absolute atomic E-state index is 12.1. The summed E-state index contributed by atoms with van der Waals surface area (Å²) in [7, 11) is 0. The van der Waals surface area contributed by atoms with Crippen molar-refractivity contribution in [3.8, 4) is 17.2 Å². The lowest BCUT2D eigenvalue weighted by Crippen LogP contribution is -2.19. The van der Waals surface area contributed by atoms with E-state index in [1.165, 1.54) is 18.3 Å². The van der Waals surface area contributed by atoms with Crippen LogP contribution in [0.5, 0.6) is 17.2 Å². The summed E-state index contributed by atoms with van der Waals surface area (Å²) in [6.07, 6.45) is 1.32. The van der Waals surface area contributed by atoms with Gasteiger partial charge in [0.15, 0.2) is 11.5 Å². The number of halogens is 1. The summed E-state index contributed by atoms with van der Waals surface area (Å²) in [6, 6.07) is 9.44. The number of nitrogens with zero attached hydrogens (tertiary/aromatic N) is 1. The van der Waals surface area contributed by atoms with E-state index in [9.17, 15) is 9.90 Å². The van der Waals surface area contributed by atoms with Crippen LogP contribution >= 0.6 is 11.6 Å². The summed E-state index contributed by atoms with van der Waals surface area (Å²) in [5.41, 5.74) is 3.17. The van der Waals surface area contributed by atoms with Gasteiger partial charge in [-0.25, -0.2) is 5.43 Å². The maximum Gasteiger partial charge on any atom is 0.271 e. The molecule has 0 saturated carbocycles. The summed E-state index contributed by atoms with van der Waals surface area (Å²) < 4.78 is 10.8. The van der Waals surface area contributed by atoms with Crippen LogP contribution < -0.4 is 14.9 Å². The summed E-state index contributed by atoms with van der Waals surface area (Å²) in [6.45, 7) is 0.941. The van der Waals surface area contributed by atoms with Crippen LogP contribution in [0, 0.1) is 0 Å². The van der Waals surface area contributed by atoms with Gasteiger partial charge in [-0.05, 0) is 36.4 Å². The number of benzene rings is 2. The van der Waals surface area contributed by atoms with Crippen LogP contribution in [0.4, 0.5) is 0 Å². The smallest absolute Gasteiger partial charge is 0.271 e. The fraction of sp³-hybridized carbons (Fsp3) is 0.125. The zero-order valence-electron chi connectivity index (χ0n) is 12.0. The molecule has 118 valence electrons. The van der Waals surface area contributed by atoms with Crippen molar-refractivity contribution in [1.29, 1.82) is 0 Å². The molecule has 0 atom stereocenters. The first-order valence-electron chi connectivity index (χ1n) is 6.85. The number of phenols is 1. The second-order valence-corrected chi connectivity index (χ2v) is 5.20. The van der Waals surface area contributed by atoms with Crippen molar-refractivity contribution in [2.24, 2.45) is 5.10 Å². The first-order valence-corrected chi connectivity index (χ1v) is 7.23. The zero-order chi connectivity index (χ0) is 16.2. The van der Waals surface area contributed by atoms with Crippen LogP contribution in [0.2, 0.25) is 5.02 Å². The summed E-state index contributed by atoms with van der Waals surface area (Å²) in [5.74, 6) is 0.756. The molecule has 2 N–H and O–H groups in total. The van der Waals surface area contributed by atoms with Crippen molar-refractivity contribution in [2.45, 2.75) is 0 Å². The van der Waals surface area contributed by atoms with Crippen LogP contribution in [0.1, 0.15) is 15.9 Å². The molecule has 1 amide bonds. The van der Waals surface area contributed by atoms with Gasteiger partial charge >= 0.3 is 0 Å². The van der Waals surface area contributed by atoms with Gasteiger partial charge in [0.25, 0.3) is 5.91 Å². The molecule has 0 radical (unpaired) electrons. The van der Waals surface area contributed by atoms with Crippen LogP contribution in [0.3, 0.4) is 0 Å². The van der Waals surface area contributed by atoms with Crippen molar-refractivity contribution in [2.75, 3.05) is 13.2 Å². The monoisotopic (exact) mass is 332 g/mol. The van der Waals surface area contributed by atoms with Crippen molar-refractivity contribution >= 4 is 23.7 Å². The zero-order valence-corrected chi connectivity index (χ0v) is 12.7. The van der Waals surface area contributed by atoms with Crippen molar-refractivity contribution in [3.63, 3.8) is 0 Å². The number of amides is 1. The van der Waals surface area contributed by atoms with Gasteiger partial charge in [0, 0.05) is 16.1 Å². The number of ether oxygens (including phenoxy) is 2. The SMILES string of the molecule is O=C(NN=Cc1cc(Cl)ccc1O)c1ccc2c(c1)OCCO2. The van der Waals surface area contributed by atoms with Gasteiger partial charge in [0.1, 0.15) is 19.0 Å². The van der Waals surface area contributed by atoms with E-state index in [-0.39, 0.29) is 5.75 Å². The Morgan fingerprint density at radius 3 is 2.78 bits per heavy atom. The minimum absolute atomic E-state index is 0.0201. The van der Waals surface area contributed by atoms with E-state index < -0.39 is 5.91 Å². The molecule has 2 aromatic rings. The second-order valence-electron chi connectivity index (χ2n) is 4.76. The van der Waals surface area contributed by atoms with Gasteiger partial charge in [-0.1, -0.05) is 11.6 Å². The van der Waals surface area contributed by atoms with Gasteiger partial charge in [0.2, 0.25) is 0 Å². The Hall–Kier alpha value is -2.73. The van der Waals surface area contributed by atoms with E-state index in [4.69, 9.17) is 21.1 Å². The highest BCUT2D eigenvalue weighted by Crippen LogP contribution is 2.30. The maximum atomic E-state index is 12.1. The van der Waals surface area contributed by atoms with Crippen molar-refractivity contribution in [1.82, 2.24) is 5.43 Å². The normalized spacial score (nSPS) is 13.1. The van der Waals surface area contributed by atoms with E-state index >= 15 is 0 Å². The molecule has 1 heterocycles. The molecule has 0 bridgehead atoms. The number of rotatable bonds is 3. The Bertz CT molecular complexity index is 777. The number of nitrogens with one attached hydrogen (secondary N) is 1. The summed E-state index contributed by atoms with van der Waals surface area (Å²) >= 11 is 5.84. The average Bonchev–Trinajstić information content (AvgIpc) is 2.57. The second kappa shape index (κ2) is 6.58. The molecule has 6 nitrogen and oxygen atoms in total. The summed E-state index contributed by atoms with van der Waals surface area (Å²) in [5, 5.41) is 13.9. The Kier molecular flexibility index (Phi) is 4.34.